The Bertz CT molecular complexity index is 355. The molecule has 4 heteroatoms. The Morgan fingerprint density at radius 1 is 1.39 bits per heavy atom. The first-order valence-electron chi connectivity index (χ1n) is 6.83. The van der Waals surface area contributed by atoms with Crippen LogP contribution in [-0.4, -0.2) is 23.1 Å². The van der Waals surface area contributed by atoms with Crippen molar-refractivity contribution in [3.63, 3.8) is 0 Å². The summed E-state index contributed by atoms with van der Waals surface area (Å²) in [6, 6.07) is 0.496. The molecule has 0 aliphatic heterocycles. The predicted octanol–water partition coefficient (Wildman–Crippen LogP) is 2.71. The molecule has 0 fully saturated rings. The highest BCUT2D eigenvalue weighted by atomic mass is 16.5. The summed E-state index contributed by atoms with van der Waals surface area (Å²) in [6.07, 6.45) is 4.22. The summed E-state index contributed by atoms with van der Waals surface area (Å²) in [5.74, 6) is 0.556. The first-order valence-corrected chi connectivity index (χ1v) is 6.83. The molecule has 1 aromatic heterocycles. The number of hydrogen-bond acceptors (Lipinski definition) is 4. The van der Waals surface area contributed by atoms with Crippen LogP contribution in [-0.2, 0) is 6.54 Å². The number of aryl methyl sites for hydroxylation is 1. The van der Waals surface area contributed by atoms with E-state index in [-0.39, 0.29) is 0 Å². The molecule has 1 unspecified atom stereocenters. The topological polar surface area (TPSA) is 47.0 Å². The number of rotatable bonds is 8. The van der Waals surface area contributed by atoms with E-state index < -0.39 is 0 Å². The first kappa shape index (κ1) is 14.9. The van der Waals surface area contributed by atoms with Crippen molar-refractivity contribution in [3.8, 4) is 6.01 Å². The maximum atomic E-state index is 5.62. The van der Waals surface area contributed by atoms with Gasteiger partial charge >= 0.3 is 6.01 Å². The van der Waals surface area contributed by atoms with E-state index in [0.717, 1.165) is 24.3 Å². The molecule has 0 aliphatic carbocycles. The second-order valence-electron chi connectivity index (χ2n) is 4.75. The lowest BCUT2D eigenvalue weighted by Crippen LogP contribution is -2.15. The van der Waals surface area contributed by atoms with Crippen LogP contribution in [0.4, 0.5) is 0 Å². The van der Waals surface area contributed by atoms with Crippen molar-refractivity contribution in [2.24, 2.45) is 5.92 Å². The van der Waals surface area contributed by atoms with Crippen LogP contribution in [0.5, 0.6) is 6.01 Å². The van der Waals surface area contributed by atoms with Crippen molar-refractivity contribution in [3.05, 3.63) is 17.5 Å². The van der Waals surface area contributed by atoms with E-state index in [1.54, 1.807) is 0 Å². The average Bonchev–Trinajstić information content (AvgIpc) is 2.35. The molecule has 0 saturated heterocycles. The van der Waals surface area contributed by atoms with Gasteiger partial charge in [0.05, 0.1) is 6.61 Å². The quantitative estimate of drug-likeness (QED) is 0.771. The highest BCUT2D eigenvalue weighted by Gasteiger charge is 2.06. The summed E-state index contributed by atoms with van der Waals surface area (Å²) >= 11 is 0. The molecule has 1 N–H and O–H groups in total. The molecule has 0 aliphatic rings. The molecular formula is C14H25N3O. The highest BCUT2D eigenvalue weighted by molar-refractivity contribution is 5.17. The fraction of sp³-hybridized carbons (Fsp3) is 0.714. The van der Waals surface area contributed by atoms with Crippen LogP contribution in [0, 0.1) is 12.8 Å². The fourth-order valence-electron chi connectivity index (χ4n) is 1.77. The zero-order chi connectivity index (χ0) is 13.4. The van der Waals surface area contributed by atoms with Gasteiger partial charge in [-0.15, -0.1) is 0 Å². The molecule has 0 bridgehead atoms. The summed E-state index contributed by atoms with van der Waals surface area (Å²) in [4.78, 5) is 8.64. The van der Waals surface area contributed by atoms with Crippen molar-refractivity contribution >= 4 is 0 Å². The zero-order valence-electron chi connectivity index (χ0n) is 12.0. The number of ether oxygens (including phenoxy) is 1. The van der Waals surface area contributed by atoms with Crippen molar-refractivity contribution in [1.82, 2.24) is 15.3 Å². The largest absolute Gasteiger partial charge is 0.463 e. The van der Waals surface area contributed by atoms with Gasteiger partial charge in [0.1, 0.15) is 0 Å². The van der Waals surface area contributed by atoms with Gasteiger partial charge in [0, 0.05) is 24.0 Å². The normalized spacial score (nSPS) is 12.4. The van der Waals surface area contributed by atoms with E-state index >= 15 is 0 Å². The van der Waals surface area contributed by atoms with Crippen LogP contribution in [0.25, 0.3) is 0 Å². The van der Waals surface area contributed by atoms with Crippen LogP contribution in [0.1, 0.15) is 44.9 Å². The summed E-state index contributed by atoms with van der Waals surface area (Å²) in [5.41, 5.74) is 2.12. The minimum Gasteiger partial charge on any atom is -0.463 e. The van der Waals surface area contributed by atoms with Crippen LogP contribution in [0.15, 0.2) is 6.20 Å². The molecule has 0 aromatic carbocycles. The van der Waals surface area contributed by atoms with E-state index in [1.165, 1.54) is 12.8 Å². The maximum Gasteiger partial charge on any atom is 0.316 e. The third kappa shape index (κ3) is 5.00. The van der Waals surface area contributed by atoms with Crippen LogP contribution >= 0.6 is 0 Å². The van der Waals surface area contributed by atoms with Gasteiger partial charge in [0.2, 0.25) is 0 Å². The lowest BCUT2D eigenvalue weighted by molar-refractivity contribution is 0.233. The molecule has 1 aromatic rings. The molecule has 0 radical (unpaired) electrons. The van der Waals surface area contributed by atoms with Crippen molar-refractivity contribution in [2.45, 2.75) is 47.1 Å². The summed E-state index contributed by atoms with van der Waals surface area (Å²) in [5, 5.41) is 3.27. The Labute approximate surface area is 110 Å². The molecule has 0 saturated carbocycles. The van der Waals surface area contributed by atoms with E-state index in [2.05, 4.69) is 36.1 Å². The second kappa shape index (κ2) is 8.03. The van der Waals surface area contributed by atoms with E-state index in [4.69, 9.17) is 4.74 Å². The fourth-order valence-corrected chi connectivity index (χ4v) is 1.77. The van der Waals surface area contributed by atoms with Gasteiger partial charge in [-0.25, -0.2) is 9.97 Å². The Morgan fingerprint density at radius 3 is 2.78 bits per heavy atom. The SMILES string of the molecule is CCCC(C)COc1ncc(CNCC)c(C)n1. The van der Waals surface area contributed by atoms with Crippen LogP contribution in [0.2, 0.25) is 0 Å². The van der Waals surface area contributed by atoms with Gasteiger partial charge in [-0.2, -0.15) is 0 Å². The van der Waals surface area contributed by atoms with Gasteiger partial charge in [0.25, 0.3) is 0 Å². The summed E-state index contributed by atoms with van der Waals surface area (Å²) in [7, 11) is 0. The third-order valence-corrected chi connectivity index (χ3v) is 2.90. The molecule has 1 atom stereocenters. The van der Waals surface area contributed by atoms with E-state index in [0.29, 0.717) is 18.5 Å². The van der Waals surface area contributed by atoms with Crippen molar-refractivity contribution in [1.29, 1.82) is 0 Å². The Balaban J connectivity index is 2.50. The Hall–Kier alpha value is -1.16. The van der Waals surface area contributed by atoms with Gasteiger partial charge < -0.3 is 10.1 Å². The lowest BCUT2D eigenvalue weighted by atomic mass is 10.1. The van der Waals surface area contributed by atoms with Gasteiger partial charge in [-0.05, 0) is 25.8 Å². The zero-order valence-corrected chi connectivity index (χ0v) is 12.0. The molecule has 1 rings (SSSR count). The van der Waals surface area contributed by atoms with E-state index in [1.807, 2.05) is 13.1 Å². The summed E-state index contributed by atoms with van der Waals surface area (Å²) in [6.45, 7) is 10.9. The smallest absolute Gasteiger partial charge is 0.316 e. The number of nitrogens with zero attached hydrogens (tertiary/aromatic N) is 2. The molecular weight excluding hydrogens is 226 g/mol. The minimum absolute atomic E-state index is 0.496. The molecule has 1 heterocycles. The summed E-state index contributed by atoms with van der Waals surface area (Å²) < 4.78 is 5.62. The molecule has 0 spiro atoms. The predicted molar refractivity (Wildman–Crippen MR) is 73.7 cm³/mol. The van der Waals surface area contributed by atoms with Gasteiger partial charge in [-0.1, -0.05) is 27.2 Å². The molecule has 18 heavy (non-hydrogen) atoms. The molecule has 102 valence electrons. The molecule has 4 nitrogen and oxygen atoms in total. The monoisotopic (exact) mass is 251 g/mol. The van der Waals surface area contributed by atoms with Gasteiger partial charge in [0.15, 0.2) is 0 Å². The minimum atomic E-state index is 0.496. The number of nitrogens with one attached hydrogen (secondary N) is 1. The average molecular weight is 251 g/mol. The van der Waals surface area contributed by atoms with E-state index in [9.17, 15) is 0 Å². The second-order valence-corrected chi connectivity index (χ2v) is 4.75. The number of aromatic nitrogens is 2. The molecule has 0 amide bonds. The number of hydrogen-bond donors (Lipinski definition) is 1. The highest BCUT2D eigenvalue weighted by Crippen LogP contribution is 2.11. The third-order valence-electron chi connectivity index (χ3n) is 2.90. The standard InChI is InChI=1S/C14H25N3O/c1-5-7-11(3)10-18-14-16-9-13(8-15-6-2)12(4)17-14/h9,11,15H,5-8,10H2,1-4H3. The van der Waals surface area contributed by atoms with Crippen LogP contribution < -0.4 is 10.1 Å². The maximum absolute atomic E-state index is 5.62. The van der Waals surface area contributed by atoms with Crippen molar-refractivity contribution in [2.75, 3.05) is 13.2 Å². The lowest BCUT2D eigenvalue weighted by Gasteiger charge is -2.12. The van der Waals surface area contributed by atoms with Gasteiger partial charge in [-0.3, -0.25) is 0 Å². The van der Waals surface area contributed by atoms with Crippen LogP contribution in [0.3, 0.4) is 0 Å². The first-order chi connectivity index (χ1) is 8.67. The Kier molecular flexibility index (Phi) is 6.65. The van der Waals surface area contributed by atoms with Crippen molar-refractivity contribution < 1.29 is 4.74 Å². The Morgan fingerprint density at radius 2 is 2.17 bits per heavy atom.